The summed E-state index contributed by atoms with van der Waals surface area (Å²) in [4.78, 5) is 0. The lowest BCUT2D eigenvalue weighted by atomic mass is 9.86. The number of rotatable bonds is 2. The second-order valence-corrected chi connectivity index (χ2v) is 5.37. The standard InChI is InChI=1S/C15H19NO/c1-15(2,3)12-8-6-11(7-9-12)14(16)13-5-4-10-17-13/h4-10,14H,16H2,1-3H3. The van der Waals surface area contributed by atoms with Crippen LogP contribution in [0.3, 0.4) is 0 Å². The maximum atomic E-state index is 6.13. The third-order valence-electron chi connectivity index (χ3n) is 2.99. The van der Waals surface area contributed by atoms with Gasteiger partial charge >= 0.3 is 0 Å². The van der Waals surface area contributed by atoms with Crippen LogP contribution in [0, 0.1) is 0 Å². The Kier molecular flexibility index (Phi) is 3.07. The zero-order valence-corrected chi connectivity index (χ0v) is 10.6. The first-order valence-electron chi connectivity index (χ1n) is 5.88. The molecule has 0 aliphatic heterocycles. The highest BCUT2D eigenvalue weighted by Crippen LogP contribution is 2.25. The molecular formula is C15H19NO. The molecular weight excluding hydrogens is 210 g/mol. The fourth-order valence-electron chi connectivity index (χ4n) is 1.82. The second kappa shape index (κ2) is 4.38. The summed E-state index contributed by atoms with van der Waals surface area (Å²) in [7, 11) is 0. The fourth-order valence-corrected chi connectivity index (χ4v) is 1.82. The SMILES string of the molecule is CC(C)(C)c1ccc(C(N)c2ccco2)cc1. The predicted octanol–water partition coefficient (Wildman–Crippen LogP) is 3.63. The Morgan fingerprint density at radius 3 is 2.18 bits per heavy atom. The van der Waals surface area contributed by atoms with Crippen LogP contribution in [0.25, 0.3) is 0 Å². The van der Waals surface area contributed by atoms with Crippen molar-refractivity contribution in [3.05, 3.63) is 59.5 Å². The first-order chi connectivity index (χ1) is 7.98. The van der Waals surface area contributed by atoms with Crippen LogP contribution >= 0.6 is 0 Å². The summed E-state index contributed by atoms with van der Waals surface area (Å²) >= 11 is 0. The summed E-state index contributed by atoms with van der Waals surface area (Å²) in [6.07, 6.45) is 1.65. The molecule has 1 aromatic heterocycles. The van der Waals surface area contributed by atoms with E-state index in [1.807, 2.05) is 12.1 Å². The number of furan rings is 1. The molecule has 0 aliphatic carbocycles. The van der Waals surface area contributed by atoms with Gasteiger partial charge in [0, 0.05) is 0 Å². The molecule has 1 unspecified atom stereocenters. The first-order valence-corrected chi connectivity index (χ1v) is 5.88. The minimum absolute atomic E-state index is 0.174. The molecule has 1 atom stereocenters. The molecule has 17 heavy (non-hydrogen) atoms. The van der Waals surface area contributed by atoms with Crippen molar-refractivity contribution in [1.82, 2.24) is 0 Å². The zero-order chi connectivity index (χ0) is 12.5. The van der Waals surface area contributed by atoms with Gasteiger partial charge in [-0.05, 0) is 28.7 Å². The molecule has 0 aliphatic rings. The second-order valence-electron chi connectivity index (χ2n) is 5.37. The Labute approximate surface area is 102 Å². The topological polar surface area (TPSA) is 39.2 Å². The van der Waals surface area contributed by atoms with Gasteiger partial charge in [0.25, 0.3) is 0 Å². The van der Waals surface area contributed by atoms with Gasteiger partial charge in [-0.25, -0.2) is 0 Å². The predicted molar refractivity (Wildman–Crippen MR) is 69.9 cm³/mol. The van der Waals surface area contributed by atoms with Gasteiger partial charge in [0.1, 0.15) is 5.76 Å². The van der Waals surface area contributed by atoms with E-state index >= 15 is 0 Å². The summed E-state index contributed by atoms with van der Waals surface area (Å²) in [6, 6.07) is 12.0. The summed E-state index contributed by atoms with van der Waals surface area (Å²) in [5.74, 6) is 0.800. The van der Waals surface area contributed by atoms with E-state index in [0.717, 1.165) is 11.3 Å². The van der Waals surface area contributed by atoms with E-state index in [0.29, 0.717) is 0 Å². The molecule has 0 amide bonds. The van der Waals surface area contributed by atoms with Crippen molar-refractivity contribution >= 4 is 0 Å². The van der Waals surface area contributed by atoms with Gasteiger partial charge in [0.05, 0.1) is 12.3 Å². The van der Waals surface area contributed by atoms with Crippen LogP contribution in [0.4, 0.5) is 0 Å². The maximum absolute atomic E-state index is 6.13. The third-order valence-corrected chi connectivity index (χ3v) is 2.99. The van der Waals surface area contributed by atoms with Gasteiger partial charge in [-0.1, -0.05) is 45.0 Å². The summed E-state index contributed by atoms with van der Waals surface area (Å²) in [6.45, 7) is 6.61. The molecule has 2 nitrogen and oxygen atoms in total. The summed E-state index contributed by atoms with van der Waals surface area (Å²) in [5.41, 5.74) is 8.69. The molecule has 1 aromatic carbocycles. The Hall–Kier alpha value is -1.54. The van der Waals surface area contributed by atoms with Crippen LogP contribution < -0.4 is 5.73 Å². The highest BCUT2D eigenvalue weighted by Gasteiger charge is 2.15. The highest BCUT2D eigenvalue weighted by molar-refractivity contribution is 5.32. The van der Waals surface area contributed by atoms with Gasteiger partial charge < -0.3 is 10.2 Å². The quantitative estimate of drug-likeness (QED) is 0.854. The molecule has 0 bridgehead atoms. The molecule has 1 heterocycles. The molecule has 0 fully saturated rings. The van der Waals surface area contributed by atoms with Crippen molar-refractivity contribution in [3.8, 4) is 0 Å². The van der Waals surface area contributed by atoms with Crippen LogP contribution in [0.1, 0.15) is 43.7 Å². The van der Waals surface area contributed by atoms with Crippen LogP contribution in [-0.2, 0) is 5.41 Å². The lowest BCUT2D eigenvalue weighted by molar-refractivity contribution is 0.489. The lowest BCUT2D eigenvalue weighted by Crippen LogP contribution is -2.13. The third kappa shape index (κ3) is 2.59. The molecule has 2 rings (SSSR count). The molecule has 2 aromatic rings. The van der Waals surface area contributed by atoms with Gasteiger partial charge in [0.2, 0.25) is 0 Å². The van der Waals surface area contributed by atoms with Crippen molar-refractivity contribution in [1.29, 1.82) is 0 Å². The Morgan fingerprint density at radius 2 is 1.71 bits per heavy atom. The van der Waals surface area contributed by atoms with Gasteiger partial charge in [-0.3, -0.25) is 0 Å². The number of hydrogen-bond acceptors (Lipinski definition) is 2. The van der Waals surface area contributed by atoms with Gasteiger partial charge in [-0.15, -0.1) is 0 Å². The van der Waals surface area contributed by atoms with Gasteiger partial charge in [-0.2, -0.15) is 0 Å². The zero-order valence-electron chi connectivity index (χ0n) is 10.6. The molecule has 0 radical (unpaired) electrons. The van der Waals surface area contributed by atoms with E-state index in [1.54, 1.807) is 6.26 Å². The Bertz CT molecular complexity index is 463. The molecule has 0 spiro atoms. The van der Waals surface area contributed by atoms with E-state index in [-0.39, 0.29) is 11.5 Å². The van der Waals surface area contributed by atoms with Crippen molar-refractivity contribution in [2.45, 2.75) is 32.2 Å². The van der Waals surface area contributed by atoms with E-state index in [4.69, 9.17) is 10.2 Å². The van der Waals surface area contributed by atoms with E-state index in [1.165, 1.54) is 5.56 Å². The van der Waals surface area contributed by atoms with Crippen LogP contribution in [0.5, 0.6) is 0 Å². The van der Waals surface area contributed by atoms with Crippen LogP contribution in [-0.4, -0.2) is 0 Å². The maximum Gasteiger partial charge on any atom is 0.124 e. The monoisotopic (exact) mass is 229 g/mol. The van der Waals surface area contributed by atoms with Crippen molar-refractivity contribution in [2.24, 2.45) is 5.73 Å². The smallest absolute Gasteiger partial charge is 0.124 e. The fraction of sp³-hybridized carbons (Fsp3) is 0.333. The molecule has 0 saturated heterocycles. The minimum Gasteiger partial charge on any atom is -0.467 e. The highest BCUT2D eigenvalue weighted by atomic mass is 16.3. The lowest BCUT2D eigenvalue weighted by Gasteiger charge is -2.20. The molecule has 0 saturated carbocycles. The number of benzene rings is 1. The van der Waals surface area contributed by atoms with E-state index < -0.39 is 0 Å². The average molecular weight is 229 g/mol. The largest absolute Gasteiger partial charge is 0.467 e. The molecule has 90 valence electrons. The average Bonchev–Trinajstić information content (AvgIpc) is 2.80. The Morgan fingerprint density at radius 1 is 1.06 bits per heavy atom. The summed E-state index contributed by atoms with van der Waals surface area (Å²) in [5, 5.41) is 0. The van der Waals surface area contributed by atoms with E-state index in [2.05, 4.69) is 45.0 Å². The molecule has 2 N–H and O–H groups in total. The molecule has 2 heteroatoms. The van der Waals surface area contributed by atoms with Crippen molar-refractivity contribution < 1.29 is 4.42 Å². The van der Waals surface area contributed by atoms with Crippen LogP contribution in [0.15, 0.2) is 47.1 Å². The first kappa shape index (κ1) is 11.9. The van der Waals surface area contributed by atoms with Gasteiger partial charge in [0.15, 0.2) is 0 Å². The Balaban J connectivity index is 2.24. The van der Waals surface area contributed by atoms with Crippen molar-refractivity contribution in [2.75, 3.05) is 0 Å². The van der Waals surface area contributed by atoms with Crippen LogP contribution in [0.2, 0.25) is 0 Å². The number of nitrogens with two attached hydrogens (primary N) is 1. The summed E-state index contributed by atoms with van der Waals surface area (Å²) < 4.78 is 5.32. The van der Waals surface area contributed by atoms with Crippen molar-refractivity contribution in [3.63, 3.8) is 0 Å². The minimum atomic E-state index is -0.181. The van der Waals surface area contributed by atoms with E-state index in [9.17, 15) is 0 Å². The number of hydrogen-bond donors (Lipinski definition) is 1. The normalized spacial score (nSPS) is 13.6.